The van der Waals surface area contributed by atoms with Crippen LogP contribution in [0.25, 0.3) is 0 Å². The van der Waals surface area contributed by atoms with Crippen LogP contribution in [0.2, 0.25) is 5.02 Å². The predicted octanol–water partition coefficient (Wildman–Crippen LogP) is 3.40. The average molecular weight is 397 g/mol. The highest BCUT2D eigenvalue weighted by Gasteiger charge is 2.13. The van der Waals surface area contributed by atoms with E-state index in [1.54, 1.807) is 6.07 Å². The van der Waals surface area contributed by atoms with E-state index in [4.69, 9.17) is 21.1 Å². The zero-order chi connectivity index (χ0) is 19.3. The molecule has 2 heterocycles. The highest BCUT2D eigenvalue weighted by atomic mass is 35.5. The lowest BCUT2D eigenvalue weighted by Crippen LogP contribution is -2.23. The van der Waals surface area contributed by atoms with Gasteiger partial charge in [-0.05, 0) is 29.3 Å². The molecule has 2 N–H and O–H groups in total. The Morgan fingerprint density at radius 3 is 2.64 bits per heavy atom. The van der Waals surface area contributed by atoms with Crippen LogP contribution in [0.1, 0.15) is 21.5 Å². The van der Waals surface area contributed by atoms with E-state index in [0.29, 0.717) is 29.6 Å². The van der Waals surface area contributed by atoms with Gasteiger partial charge >= 0.3 is 0 Å². The highest BCUT2D eigenvalue weighted by molar-refractivity contribution is 6.31. The van der Waals surface area contributed by atoms with E-state index < -0.39 is 0 Å². The zero-order valence-corrected chi connectivity index (χ0v) is 15.6. The van der Waals surface area contributed by atoms with Crippen molar-refractivity contribution in [3.8, 4) is 11.5 Å². The summed E-state index contributed by atoms with van der Waals surface area (Å²) >= 11 is 6.09. The summed E-state index contributed by atoms with van der Waals surface area (Å²) in [4.78, 5) is 20.6. The van der Waals surface area contributed by atoms with E-state index >= 15 is 0 Å². The number of amides is 1. The van der Waals surface area contributed by atoms with Crippen LogP contribution in [0.3, 0.4) is 0 Å². The van der Waals surface area contributed by atoms with Gasteiger partial charge in [-0.2, -0.15) is 0 Å². The Kier molecular flexibility index (Phi) is 5.25. The average Bonchev–Trinajstić information content (AvgIpc) is 3.20. The second-order valence-electron chi connectivity index (χ2n) is 6.11. The number of ether oxygens (including phenoxy) is 2. The van der Waals surface area contributed by atoms with Gasteiger partial charge in [-0.3, -0.25) is 4.79 Å². The number of fused-ring (bicyclic) bond motifs is 1. The Bertz CT molecular complexity index is 995. The summed E-state index contributed by atoms with van der Waals surface area (Å²) in [5.41, 5.74) is 2.23. The van der Waals surface area contributed by atoms with Crippen molar-refractivity contribution in [1.29, 1.82) is 0 Å². The fourth-order valence-electron chi connectivity index (χ4n) is 2.69. The molecule has 7 nitrogen and oxygen atoms in total. The van der Waals surface area contributed by atoms with E-state index in [-0.39, 0.29) is 12.7 Å². The van der Waals surface area contributed by atoms with Gasteiger partial charge in [0.1, 0.15) is 0 Å². The van der Waals surface area contributed by atoms with Gasteiger partial charge in [-0.1, -0.05) is 35.9 Å². The van der Waals surface area contributed by atoms with Crippen molar-refractivity contribution >= 4 is 23.5 Å². The molecule has 0 saturated carbocycles. The van der Waals surface area contributed by atoms with Crippen LogP contribution in [0.15, 0.2) is 54.9 Å². The Balaban J connectivity index is 1.32. The standard InChI is InChI=1S/C20H17ClN4O3/c21-16-4-2-1-3-14(16)9-22-19(26)15-10-24-20(25-11-15)23-8-13-5-6-17-18(7-13)28-12-27-17/h1-7,10-11H,8-9,12H2,(H,22,26)(H,23,24,25). The highest BCUT2D eigenvalue weighted by Crippen LogP contribution is 2.32. The molecule has 0 bridgehead atoms. The molecule has 2 aromatic carbocycles. The SMILES string of the molecule is O=C(NCc1ccccc1Cl)c1cnc(NCc2ccc3c(c2)OCO3)nc1. The molecule has 0 spiro atoms. The maximum atomic E-state index is 12.2. The van der Waals surface area contributed by atoms with E-state index in [1.165, 1.54) is 12.4 Å². The van der Waals surface area contributed by atoms with Gasteiger partial charge in [-0.15, -0.1) is 0 Å². The molecule has 142 valence electrons. The molecule has 0 fully saturated rings. The fraction of sp³-hybridized carbons (Fsp3) is 0.150. The molecule has 4 rings (SSSR count). The maximum absolute atomic E-state index is 12.2. The van der Waals surface area contributed by atoms with Crippen LogP contribution in [0.4, 0.5) is 5.95 Å². The van der Waals surface area contributed by atoms with E-state index in [2.05, 4.69) is 20.6 Å². The fourth-order valence-corrected chi connectivity index (χ4v) is 2.89. The molecule has 0 saturated heterocycles. The molecule has 1 aliphatic heterocycles. The minimum Gasteiger partial charge on any atom is -0.454 e. The first kappa shape index (κ1) is 18.1. The van der Waals surface area contributed by atoms with E-state index in [0.717, 1.165) is 22.6 Å². The summed E-state index contributed by atoms with van der Waals surface area (Å²) in [7, 11) is 0. The maximum Gasteiger partial charge on any atom is 0.254 e. The minimum absolute atomic E-state index is 0.245. The molecule has 0 radical (unpaired) electrons. The van der Waals surface area contributed by atoms with Crippen LogP contribution < -0.4 is 20.1 Å². The molecule has 3 aromatic rings. The number of hydrogen-bond donors (Lipinski definition) is 2. The summed E-state index contributed by atoms with van der Waals surface area (Å²) < 4.78 is 10.7. The number of rotatable bonds is 6. The first-order chi connectivity index (χ1) is 13.7. The van der Waals surface area contributed by atoms with Crippen molar-refractivity contribution in [2.24, 2.45) is 0 Å². The monoisotopic (exact) mass is 396 g/mol. The van der Waals surface area contributed by atoms with Gasteiger partial charge in [0, 0.05) is 30.5 Å². The summed E-state index contributed by atoms with van der Waals surface area (Å²) in [6.45, 7) is 1.10. The molecule has 0 unspecified atom stereocenters. The lowest BCUT2D eigenvalue weighted by molar-refractivity contribution is 0.0950. The number of benzene rings is 2. The van der Waals surface area contributed by atoms with Gasteiger partial charge in [-0.25, -0.2) is 9.97 Å². The van der Waals surface area contributed by atoms with Crippen molar-refractivity contribution in [1.82, 2.24) is 15.3 Å². The molecule has 1 aliphatic rings. The van der Waals surface area contributed by atoms with Crippen LogP contribution in [-0.4, -0.2) is 22.7 Å². The number of nitrogens with zero attached hydrogens (tertiary/aromatic N) is 2. The molecule has 28 heavy (non-hydrogen) atoms. The Hall–Kier alpha value is -3.32. The van der Waals surface area contributed by atoms with Gasteiger partial charge in [0.25, 0.3) is 5.91 Å². The van der Waals surface area contributed by atoms with Gasteiger partial charge in [0.05, 0.1) is 5.56 Å². The topological polar surface area (TPSA) is 85.4 Å². The third kappa shape index (κ3) is 4.15. The smallest absolute Gasteiger partial charge is 0.254 e. The number of halogens is 1. The number of nitrogens with one attached hydrogen (secondary N) is 2. The van der Waals surface area contributed by atoms with Crippen molar-refractivity contribution in [3.63, 3.8) is 0 Å². The van der Waals surface area contributed by atoms with Crippen LogP contribution in [0.5, 0.6) is 11.5 Å². The second-order valence-corrected chi connectivity index (χ2v) is 6.52. The summed E-state index contributed by atoms with van der Waals surface area (Å²) in [6.07, 6.45) is 2.97. The molecule has 1 amide bonds. The lowest BCUT2D eigenvalue weighted by atomic mass is 10.2. The third-order valence-corrected chi connectivity index (χ3v) is 4.57. The van der Waals surface area contributed by atoms with Crippen molar-refractivity contribution in [2.45, 2.75) is 13.1 Å². The molecular weight excluding hydrogens is 380 g/mol. The lowest BCUT2D eigenvalue weighted by Gasteiger charge is -2.08. The van der Waals surface area contributed by atoms with Gasteiger partial charge < -0.3 is 20.1 Å². The van der Waals surface area contributed by atoms with Crippen molar-refractivity contribution in [3.05, 3.63) is 76.6 Å². The van der Waals surface area contributed by atoms with Crippen molar-refractivity contribution in [2.75, 3.05) is 12.1 Å². The van der Waals surface area contributed by atoms with E-state index in [9.17, 15) is 4.79 Å². The van der Waals surface area contributed by atoms with Gasteiger partial charge in [0.2, 0.25) is 12.7 Å². The summed E-state index contributed by atoms with van der Waals surface area (Å²) in [5, 5.41) is 6.54. The first-order valence-corrected chi connectivity index (χ1v) is 9.03. The molecule has 1 aromatic heterocycles. The number of carbonyl (C=O) groups is 1. The van der Waals surface area contributed by atoms with Crippen molar-refractivity contribution < 1.29 is 14.3 Å². The van der Waals surface area contributed by atoms with Gasteiger partial charge in [0.15, 0.2) is 11.5 Å². The number of anilines is 1. The predicted molar refractivity (Wildman–Crippen MR) is 105 cm³/mol. The molecule has 0 aliphatic carbocycles. The number of aromatic nitrogens is 2. The Morgan fingerprint density at radius 2 is 1.82 bits per heavy atom. The summed E-state index contributed by atoms with van der Waals surface area (Å²) in [6, 6.07) is 13.1. The minimum atomic E-state index is -0.262. The number of carbonyl (C=O) groups excluding carboxylic acids is 1. The largest absolute Gasteiger partial charge is 0.454 e. The Labute approximate surface area is 166 Å². The molecule has 0 atom stereocenters. The summed E-state index contributed by atoms with van der Waals surface area (Å²) in [5.74, 6) is 1.64. The van der Waals surface area contributed by atoms with Crippen LogP contribution >= 0.6 is 11.6 Å². The first-order valence-electron chi connectivity index (χ1n) is 8.65. The normalized spacial score (nSPS) is 11.9. The van der Waals surface area contributed by atoms with Crippen LogP contribution in [-0.2, 0) is 13.1 Å². The third-order valence-electron chi connectivity index (χ3n) is 4.20. The van der Waals surface area contributed by atoms with Crippen LogP contribution in [0, 0.1) is 0 Å². The number of hydrogen-bond acceptors (Lipinski definition) is 6. The van der Waals surface area contributed by atoms with E-state index in [1.807, 2.05) is 36.4 Å². The zero-order valence-electron chi connectivity index (χ0n) is 14.8. The Morgan fingerprint density at radius 1 is 1.04 bits per heavy atom. The molecule has 8 heteroatoms. The second kappa shape index (κ2) is 8.14. The molecular formula is C20H17ClN4O3. The quantitative estimate of drug-likeness (QED) is 0.664.